The van der Waals surface area contributed by atoms with Gasteiger partial charge in [-0.15, -0.1) is 0 Å². The molecular formula is C14H19ClN2O. The van der Waals surface area contributed by atoms with E-state index in [2.05, 4.69) is 6.92 Å². The van der Waals surface area contributed by atoms with Crippen molar-refractivity contribution in [3.8, 4) is 0 Å². The van der Waals surface area contributed by atoms with E-state index in [0.717, 1.165) is 25.9 Å². The summed E-state index contributed by atoms with van der Waals surface area (Å²) in [6.45, 7) is 3.92. The maximum atomic E-state index is 12.3. The van der Waals surface area contributed by atoms with Crippen LogP contribution in [0, 0.1) is 5.92 Å². The van der Waals surface area contributed by atoms with Gasteiger partial charge in [-0.05, 0) is 43.4 Å². The third kappa shape index (κ3) is 2.96. The standard InChI is InChI=1S/C14H19ClN2O/c1-10-3-2-7-17(8-6-10)14(18)11-4-5-13(16)12(15)9-11/h4-5,9-10H,2-3,6-8,16H2,1H3. The molecule has 1 aliphatic rings. The minimum Gasteiger partial charge on any atom is -0.398 e. The molecule has 1 heterocycles. The number of nitrogen functional groups attached to an aromatic ring is 1. The predicted molar refractivity (Wildman–Crippen MR) is 74.8 cm³/mol. The number of amides is 1. The van der Waals surface area contributed by atoms with Gasteiger partial charge in [0.05, 0.1) is 10.7 Å². The fourth-order valence-electron chi connectivity index (χ4n) is 2.31. The topological polar surface area (TPSA) is 46.3 Å². The molecule has 1 aromatic rings. The second-order valence-electron chi connectivity index (χ2n) is 5.06. The monoisotopic (exact) mass is 266 g/mol. The van der Waals surface area contributed by atoms with E-state index in [4.69, 9.17) is 17.3 Å². The number of benzene rings is 1. The zero-order valence-electron chi connectivity index (χ0n) is 10.7. The Morgan fingerprint density at radius 3 is 2.89 bits per heavy atom. The van der Waals surface area contributed by atoms with Crippen LogP contribution in [-0.2, 0) is 0 Å². The molecule has 1 aromatic carbocycles. The lowest BCUT2D eigenvalue weighted by molar-refractivity contribution is 0.0760. The average Bonchev–Trinajstić information content (AvgIpc) is 2.57. The van der Waals surface area contributed by atoms with Gasteiger partial charge in [0.2, 0.25) is 0 Å². The van der Waals surface area contributed by atoms with Gasteiger partial charge in [-0.2, -0.15) is 0 Å². The number of carbonyl (C=O) groups is 1. The second-order valence-corrected chi connectivity index (χ2v) is 5.47. The van der Waals surface area contributed by atoms with Crippen molar-refractivity contribution in [2.45, 2.75) is 26.2 Å². The quantitative estimate of drug-likeness (QED) is 0.794. The fraction of sp³-hybridized carbons (Fsp3) is 0.500. The molecule has 1 unspecified atom stereocenters. The molecule has 0 bridgehead atoms. The van der Waals surface area contributed by atoms with Crippen LogP contribution >= 0.6 is 11.6 Å². The summed E-state index contributed by atoms with van der Waals surface area (Å²) >= 11 is 5.96. The molecule has 98 valence electrons. The van der Waals surface area contributed by atoms with Crippen molar-refractivity contribution in [3.05, 3.63) is 28.8 Å². The van der Waals surface area contributed by atoms with E-state index in [1.165, 1.54) is 6.42 Å². The zero-order valence-corrected chi connectivity index (χ0v) is 11.4. The Hall–Kier alpha value is -1.22. The Kier molecular flexibility index (Phi) is 4.12. The number of anilines is 1. The Bertz CT molecular complexity index is 447. The van der Waals surface area contributed by atoms with Gasteiger partial charge in [0.1, 0.15) is 0 Å². The number of carbonyl (C=O) groups excluding carboxylic acids is 1. The van der Waals surface area contributed by atoms with Crippen LogP contribution in [0.4, 0.5) is 5.69 Å². The summed E-state index contributed by atoms with van der Waals surface area (Å²) in [7, 11) is 0. The lowest BCUT2D eigenvalue weighted by Gasteiger charge is -2.20. The van der Waals surface area contributed by atoms with Gasteiger partial charge in [-0.3, -0.25) is 4.79 Å². The predicted octanol–water partition coefficient (Wildman–Crippen LogP) is 3.18. The number of rotatable bonds is 1. The van der Waals surface area contributed by atoms with Crippen LogP contribution in [0.1, 0.15) is 36.5 Å². The Morgan fingerprint density at radius 2 is 2.17 bits per heavy atom. The first-order valence-electron chi connectivity index (χ1n) is 6.42. The van der Waals surface area contributed by atoms with E-state index in [-0.39, 0.29) is 5.91 Å². The molecule has 0 spiro atoms. The van der Waals surface area contributed by atoms with Gasteiger partial charge in [-0.25, -0.2) is 0 Å². The molecule has 0 radical (unpaired) electrons. The molecule has 4 heteroatoms. The molecule has 1 atom stereocenters. The average molecular weight is 267 g/mol. The van der Waals surface area contributed by atoms with E-state index < -0.39 is 0 Å². The van der Waals surface area contributed by atoms with Crippen LogP contribution in [0.5, 0.6) is 0 Å². The zero-order chi connectivity index (χ0) is 13.1. The summed E-state index contributed by atoms with van der Waals surface area (Å²) in [4.78, 5) is 14.3. The first-order chi connectivity index (χ1) is 8.58. The van der Waals surface area contributed by atoms with Gasteiger partial charge in [0, 0.05) is 18.7 Å². The number of halogens is 1. The van der Waals surface area contributed by atoms with Crippen molar-refractivity contribution >= 4 is 23.2 Å². The molecule has 2 N–H and O–H groups in total. The molecule has 1 saturated heterocycles. The Labute approximate surface area is 113 Å². The highest BCUT2D eigenvalue weighted by Gasteiger charge is 2.20. The molecule has 3 nitrogen and oxygen atoms in total. The molecule has 1 fully saturated rings. The van der Waals surface area contributed by atoms with Crippen molar-refractivity contribution in [2.75, 3.05) is 18.8 Å². The van der Waals surface area contributed by atoms with Crippen LogP contribution in [0.2, 0.25) is 5.02 Å². The maximum absolute atomic E-state index is 12.3. The molecule has 0 saturated carbocycles. The van der Waals surface area contributed by atoms with Gasteiger partial charge in [0.15, 0.2) is 0 Å². The highest BCUT2D eigenvalue weighted by Crippen LogP contribution is 2.22. The highest BCUT2D eigenvalue weighted by molar-refractivity contribution is 6.33. The Balaban J connectivity index is 2.12. The second kappa shape index (κ2) is 5.61. The highest BCUT2D eigenvalue weighted by atomic mass is 35.5. The van der Waals surface area contributed by atoms with Crippen LogP contribution in [0.25, 0.3) is 0 Å². The number of nitrogens with zero attached hydrogens (tertiary/aromatic N) is 1. The Morgan fingerprint density at radius 1 is 1.39 bits per heavy atom. The largest absolute Gasteiger partial charge is 0.398 e. The third-order valence-electron chi connectivity index (χ3n) is 3.55. The van der Waals surface area contributed by atoms with Crippen molar-refractivity contribution in [1.29, 1.82) is 0 Å². The number of nitrogens with two attached hydrogens (primary N) is 1. The molecule has 0 aliphatic carbocycles. The fourth-order valence-corrected chi connectivity index (χ4v) is 2.49. The third-order valence-corrected chi connectivity index (χ3v) is 3.88. The molecule has 1 aliphatic heterocycles. The SMILES string of the molecule is CC1CCCN(C(=O)c2ccc(N)c(Cl)c2)CC1. The van der Waals surface area contributed by atoms with Crippen molar-refractivity contribution < 1.29 is 4.79 Å². The number of likely N-dealkylation sites (tertiary alicyclic amines) is 1. The minimum absolute atomic E-state index is 0.0611. The lowest BCUT2D eigenvalue weighted by atomic mass is 10.0. The van der Waals surface area contributed by atoms with Crippen LogP contribution in [0.3, 0.4) is 0 Å². The summed E-state index contributed by atoms with van der Waals surface area (Å²) in [5.41, 5.74) is 6.79. The molecule has 18 heavy (non-hydrogen) atoms. The number of hydrogen-bond acceptors (Lipinski definition) is 2. The van der Waals surface area contributed by atoms with E-state index >= 15 is 0 Å². The van der Waals surface area contributed by atoms with E-state index in [1.807, 2.05) is 4.90 Å². The summed E-state index contributed by atoms with van der Waals surface area (Å²) in [5.74, 6) is 0.767. The van der Waals surface area contributed by atoms with Crippen LogP contribution < -0.4 is 5.73 Å². The number of hydrogen-bond donors (Lipinski definition) is 1. The summed E-state index contributed by atoms with van der Waals surface area (Å²) < 4.78 is 0. The summed E-state index contributed by atoms with van der Waals surface area (Å²) in [6, 6.07) is 5.10. The molecule has 0 aromatic heterocycles. The van der Waals surface area contributed by atoms with Gasteiger partial charge in [-0.1, -0.05) is 18.5 Å². The van der Waals surface area contributed by atoms with Crippen LogP contribution in [0.15, 0.2) is 18.2 Å². The van der Waals surface area contributed by atoms with Crippen molar-refractivity contribution in [2.24, 2.45) is 5.92 Å². The normalized spacial score (nSPS) is 20.6. The smallest absolute Gasteiger partial charge is 0.253 e. The molecule has 2 rings (SSSR count). The lowest BCUT2D eigenvalue weighted by Crippen LogP contribution is -2.32. The van der Waals surface area contributed by atoms with Gasteiger partial charge < -0.3 is 10.6 Å². The van der Waals surface area contributed by atoms with E-state index in [9.17, 15) is 4.79 Å². The summed E-state index contributed by atoms with van der Waals surface area (Å²) in [6.07, 6.45) is 3.36. The minimum atomic E-state index is 0.0611. The molecule has 1 amide bonds. The maximum Gasteiger partial charge on any atom is 0.253 e. The molecular weight excluding hydrogens is 248 g/mol. The van der Waals surface area contributed by atoms with E-state index in [1.54, 1.807) is 18.2 Å². The first-order valence-corrected chi connectivity index (χ1v) is 6.80. The van der Waals surface area contributed by atoms with Crippen molar-refractivity contribution in [3.63, 3.8) is 0 Å². The van der Waals surface area contributed by atoms with Crippen molar-refractivity contribution in [1.82, 2.24) is 4.90 Å². The van der Waals surface area contributed by atoms with Crippen LogP contribution in [-0.4, -0.2) is 23.9 Å². The summed E-state index contributed by atoms with van der Waals surface area (Å²) in [5, 5.41) is 0.448. The van der Waals surface area contributed by atoms with Gasteiger partial charge >= 0.3 is 0 Å². The van der Waals surface area contributed by atoms with E-state index in [0.29, 0.717) is 22.2 Å². The first kappa shape index (κ1) is 13.2. The van der Waals surface area contributed by atoms with Gasteiger partial charge in [0.25, 0.3) is 5.91 Å².